The van der Waals surface area contributed by atoms with Gasteiger partial charge in [0.25, 0.3) is 0 Å². The van der Waals surface area contributed by atoms with E-state index in [0.29, 0.717) is 12.2 Å². The van der Waals surface area contributed by atoms with Gasteiger partial charge in [0.2, 0.25) is 5.91 Å². The van der Waals surface area contributed by atoms with Gasteiger partial charge in [0.05, 0.1) is 23.2 Å². The number of rotatable bonds is 6. The number of anilines is 2. The molecule has 0 spiro atoms. The predicted octanol–water partition coefficient (Wildman–Crippen LogP) is 4.76. The number of hydrogen-bond acceptors (Lipinski definition) is 6. The minimum Gasteiger partial charge on any atom is -0.497 e. The van der Waals surface area contributed by atoms with Crippen LogP contribution in [0.25, 0.3) is 10.2 Å². The second-order valence-electron chi connectivity index (χ2n) is 7.01. The maximum atomic E-state index is 12.8. The van der Waals surface area contributed by atoms with Crippen LogP contribution in [-0.4, -0.2) is 37.7 Å². The average molecular weight is 433 g/mol. The summed E-state index contributed by atoms with van der Waals surface area (Å²) in [4.78, 5) is 19.6. The number of ether oxygens (including phenoxy) is 2. The lowest BCUT2D eigenvalue weighted by molar-refractivity contribution is -0.120. The molecular formula is C21H21F2N3O3S. The van der Waals surface area contributed by atoms with Crippen LogP contribution in [0.15, 0.2) is 42.5 Å². The number of aromatic nitrogens is 1. The summed E-state index contributed by atoms with van der Waals surface area (Å²) in [6.07, 6.45) is 1.63. The molecule has 4 rings (SSSR count). The number of nitrogens with one attached hydrogen (secondary N) is 1. The molecule has 1 amide bonds. The Kier molecular flexibility index (Phi) is 5.98. The fourth-order valence-electron chi connectivity index (χ4n) is 3.51. The van der Waals surface area contributed by atoms with Gasteiger partial charge in [-0.05, 0) is 43.2 Å². The molecule has 0 saturated carbocycles. The maximum Gasteiger partial charge on any atom is 0.387 e. The monoisotopic (exact) mass is 433 g/mol. The first-order valence-corrected chi connectivity index (χ1v) is 10.4. The number of methoxy groups -OCH3 is 1. The molecule has 30 heavy (non-hydrogen) atoms. The van der Waals surface area contributed by atoms with Gasteiger partial charge < -0.3 is 19.7 Å². The van der Waals surface area contributed by atoms with Crippen LogP contribution in [0, 0.1) is 5.92 Å². The first kappa shape index (κ1) is 20.3. The summed E-state index contributed by atoms with van der Waals surface area (Å²) >= 11 is 1.57. The van der Waals surface area contributed by atoms with E-state index in [1.165, 1.54) is 12.1 Å². The summed E-state index contributed by atoms with van der Waals surface area (Å²) in [7, 11) is 1.63. The molecule has 1 N–H and O–H groups in total. The van der Waals surface area contributed by atoms with Crippen LogP contribution in [0.3, 0.4) is 0 Å². The maximum absolute atomic E-state index is 12.8. The Bertz CT molecular complexity index is 1040. The quantitative estimate of drug-likeness (QED) is 0.607. The average Bonchev–Trinajstić information content (AvgIpc) is 3.17. The van der Waals surface area contributed by atoms with Gasteiger partial charge in [0.15, 0.2) is 5.13 Å². The van der Waals surface area contributed by atoms with E-state index in [2.05, 4.69) is 15.0 Å². The highest BCUT2D eigenvalue weighted by Gasteiger charge is 2.27. The van der Waals surface area contributed by atoms with E-state index in [9.17, 15) is 13.6 Å². The fraction of sp³-hybridized carbons (Fsp3) is 0.333. The van der Waals surface area contributed by atoms with Gasteiger partial charge in [-0.1, -0.05) is 17.4 Å². The topological polar surface area (TPSA) is 63.7 Å². The summed E-state index contributed by atoms with van der Waals surface area (Å²) in [6, 6.07) is 11.8. The summed E-state index contributed by atoms with van der Waals surface area (Å²) < 4.78 is 35.5. The zero-order valence-electron chi connectivity index (χ0n) is 16.3. The molecule has 0 bridgehead atoms. The van der Waals surface area contributed by atoms with E-state index in [4.69, 9.17) is 9.72 Å². The molecule has 0 aliphatic carbocycles. The Morgan fingerprint density at radius 2 is 2.13 bits per heavy atom. The highest BCUT2D eigenvalue weighted by molar-refractivity contribution is 7.22. The number of carbonyl (C=O) groups is 1. The molecule has 2 heterocycles. The van der Waals surface area contributed by atoms with Gasteiger partial charge >= 0.3 is 6.61 Å². The number of benzene rings is 2. The number of halogens is 2. The Morgan fingerprint density at radius 3 is 2.93 bits per heavy atom. The normalized spacial score (nSPS) is 16.7. The molecule has 158 valence electrons. The Balaban J connectivity index is 1.44. The highest BCUT2D eigenvalue weighted by Crippen LogP contribution is 2.33. The van der Waals surface area contributed by atoms with Crippen LogP contribution < -0.4 is 19.7 Å². The van der Waals surface area contributed by atoms with Crippen LogP contribution >= 0.6 is 11.3 Å². The Labute approximate surface area is 176 Å². The molecule has 9 heteroatoms. The van der Waals surface area contributed by atoms with Crippen molar-refractivity contribution in [3.05, 3.63) is 42.5 Å². The summed E-state index contributed by atoms with van der Waals surface area (Å²) in [5, 5.41) is 3.69. The van der Waals surface area contributed by atoms with Crippen LogP contribution in [0.5, 0.6) is 11.5 Å². The van der Waals surface area contributed by atoms with E-state index in [1.807, 2.05) is 18.2 Å². The lowest BCUT2D eigenvalue weighted by Gasteiger charge is -2.31. The van der Waals surface area contributed by atoms with Crippen molar-refractivity contribution in [1.82, 2.24) is 4.98 Å². The van der Waals surface area contributed by atoms with Gasteiger partial charge in [-0.15, -0.1) is 0 Å². The van der Waals surface area contributed by atoms with Crippen LogP contribution in [-0.2, 0) is 4.79 Å². The molecule has 1 aliphatic heterocycles. The summed E-state index contributed by atoms with van der Waals surface area (Å²) in [6.45, 7) is -1.52. The van der Waals surface area contributed by atoms with E-state index in [0.717, 1.165) is 40.5 Å². The zero-order chi connectivity index (χ0) is 21.1. The number of nitrogens with zero attached hydrogens (tertiary/aromatic N) is 2. The second kappa shape index (κ2) is 8.83. The molecule has 2 aromatic carbocycles. The number of hydrogen-bond donors (Lipinski definition) is 1. The number of alkyl halides is 2. The summed E-state index contributed by atoms with van der Waals surface area (Å²) in [5.74, 6) is 0.432. The smallest absolute Gasteiger partial charge is 0.387 e. The third kappa shape index (κ3) is 4.62. The van der Waals surface area contributed by atoms with E-state index in [-0.39, 0.29) is 17.6 Å². The molecule has 3 aromatic rings. The third-order valence-corrected chi connectivity index (χ3v) is 6.05. The van der Waals surface area contributed by atoms with Crippen molar-refractivity contribution in [2.24, 2.45) is 5.92 Å². The number of piperidine rings is 1. The first-order chi connectivity index (χ1) is 14.5. The SMILES string of the molecule is COc1ccc2nc(N3CCCC(C(=O)Nc4cccc(OC(F)F)c4)C3)sc2c1. The molecule has 0 radical (unpaired) electrons. The molecule has 1 atom stereocenters. The Hall–Kier alpha value is -2.94. The first-order valence-electron chi connectivity index (χ1n) is 9.57. The van der Waals surface area contributed by atoms with Gasteiger partial charge in [-0.2, -0.15) is 8.78 Å². The lowest BCUT2D eigenvalue weighted by Crippen LogP contribution is -2.40. The van der Waals surface area contributed by atoms with Gasteiger partial charge in [-0.25, -0.2) is 4.98 Å². The highest BCUT2D eigenvalue weighted by atomic mass is 32.1. The van der Waals surface area contributed by atoms with Crippen LogP contribution in [0.4, 0.5) is 19.6 Å². The van der Waals surface area contributed by atoms with Crippen molar-refractivity contribution < 1.29 is 23.0 Å². The van der Waals surface area contributed by atoms with Crippen LogP contribution in [0.1, 0.15) is 12.8 Å². The molecule has 1 fully saturated rings. The molecule has 1 aromatic heterocycles. The molecular weight excluding hydrogens is 412 g/mol. The van der Waals surface area contributed by atoms with Crippen molar-refractivity contribution in [2.45, 2.75) is 19.5 Å². The minimum atomic E-state index is -2.91. The standard InChI is InChI=1S/C21H21F2N3O3S/c1-28-15-7-8-17-18(11-15)30-21(25-17)26-9-3-4-13(12-26)19(27)24-14-5-2-6-16(10-14)29-20(22)23/h2,5-8,10-11,13,20H,3-4,9,12H2,1H3,(H,24,27). The number of carbonyl (C=O) groups excluding carboxylic acids is 1. The van der Waals surface area contributed by atoms with E-state index >= 15 is 0 Å². The zero-order valence-corrected chi connectivity index (χ0v) is 17.1. The number of thiazole rings is 1. The van der Waals surface area contributed by atoms with Crippen molar-refractivity contribution in [1.29, 1.82) is 0 Å². The molecule has 6 nitrogen and oxygen atoms in total. The fourth-order valence-corrected chi connectivity index (χ4v) is 4.54. The molecule has 1 unspecified atom stereocenters. The molecule has 1 aliphatic rings. The third-order valence-electron chi connectivity index (χ3n) is 4.97. The lowest BCUT2D eigenvalue weighted by atomic mass is 9.97. The van der Waals surface area contributed by atoms with Crippen molar-refractivity contribution in [3.8, 4) is 11.5 Å². The predicted molar refractivity (Wildman–Crippen MR) is 113 cm³/mol. The van der Waals surface area contributed by atoms with E-state index in [1.54, 1.807) is 30.6 Å². The van der Waals surface area contributed by atoms with Crippen LogP contribution in [0.2, 0.25) is 0 Å². The van der Waals surface area contributed by atoms with Crippen molar-refractivity contribution >= 4 is 38.3 Å². The van der Waals surface area contributed by atoms with Gasteiger partial charge in [0, 0.05) is 24.8 Å². The van der Waals surface area contributed by atoms with Gasteiger partial charge in [-0.3, -0.25) is 4.79 Å². The molecule has 1 saturated heterocycles. The largest absolute Gasteiger partial charge is 0.497 e. The second-order valence-corrected chi connectivity index (χ2v) is 8.02. The number of fused-ring (bicyclic) bond motifs is 1. The van der Waals surface area contributed by atoms with Crippen molar-refractivity contribution in [3.63, 3.8) is 0 Å². The summed E-state index contributed by atoms with van der Waals surface area (Å²) in [5.41, 5.74) is 1.33. The Morgan fingerprint density at radius 1 is 1.27 bits per heavy atom. The van der Waals surface area contributed by atoms with Crippen molar-refractivity contribution in [2.75, 3.05) is 30.4 Å². The minimum absolute atomic E-state index is 0.0120. The van der Waals surface area contributed by atoms with Gasteiger partial charge in [0.1, 0.15) is 11.5 Å². The number of amides is 1. The van der Waals surface area contributed by atoms with E-state index < -0.39 is 6.61 Å².